The lowest BCUT2D eigenvalue weighted by molar-refractivity contribution is 0.103. The number of urea groups is 1. The van der Waals surface area contributed by atoms with Gasteiger partial charge in [-0.1, -0.05) is 38.8 Å². The van der Waals surface area contributed by atoms with Crippen molar-refractivity contribution in [2.75, 3.05) is 6.54 Å². The average molecular weight is 289 g/mol. The van der Waals surface area contributed by atoms with E-state index in [-0.39, 0.29) is 18.5 Å². The predicted molar refractivity (Wildman–Crippen MR) is 81.5 cm³/mol. The number of nitrogens with zero attached hydrogens (tertiary/aromatic N) is 1. The Bertz CT molecular complexity index is 493. The fourth-order valence-electron chi connectivity index (χ4n) is 2.19. The van der Waals surface area contributed by atoms with Crippen molar-refractivity contribution in [2.24, 2.45) is 5.92 Å². The first-order chi connectivity index (χ1) is 10.1. The fourth-order valence-corrected chi connectivity index (χ4v) is 2.19. The van der Waals surface area contributed by atoms with Crippen molar-refractivity contribution < 1.29 is 9.90 Å². The van der Waals surface area contributed by atoms with Gasteiger partial charge >= 0.3 is 6.03 Å². The van der Waals surface area contributed by atoms with Crippen LogP contribution < -0.4 is 10.6 Å². The second-order valence-corrected chi connectivity index (χ2v) is 5.02. The van der Waals surface area contributed by atoms with Crippen molar-refractivity contribution in [1.82, 2.24) is 10.6 Å². The van der Waals surface area contributed by atoms with E-state index in [2.05, 4.69) is 16.7 Å². The number of nitrogens with one attached hydrogen (secondary N) is 2. The SMILES string of the molecule is CCC(CC)C(O)CNC(=O)NCc1cccc(C#N)c1. The molecule has 0 aromatic heterocycles. The molecule has 0 fully saturated rings. The van der Waals surface area contributed by atoms with Gasteiger partial charge in [0.15, 0.2) is 0 Å². The van der Waals surface area contributed by atoms with Gasteiger partial charge in [-0.2, -0.15) is 5.26 Å². The molecule has 0 radical (unpaired) electrons. The Hall–Kier alpha value is -2.06. The van der Waals surface area contributed by atoms with Gasteiger partial charge in [-0.3, -0.25) is 0 Å². The van der Waals surface area contributed by atoms with Gasteiger partial charge in [0.2, 0.25) is 0 Å². The first-order valence-corrected chi connectivity index (χ1v) is 7.29. The van der Waals surface area contributed by atoms with Crippen molar-refractivity contribution in [3.63, 3.8) is 0 Å². The van der Waals surface area contributed by atoms with Crippen LogP contribution in [0.4, 0.5) is 4.79 Å². The van der Waals surface area contributed by atoms with Crippen molar-refractivity contribution >= 4 is 6.03 Å². The molecule has 0 heterocycles. The Morgan fingerprint density at radius 1 is 1.33 bits per heavy atom. The number of carbonyl (C=O) groups is 1. The minimum Gasteiger partial charge on any atom is -0.391 e. The monoisotopic (exact) mass is 289 g/mol. The van der Waals surface area contributed by atoms with Crippen LogP contribution in [-0.2, 0) is 6.54 Å². The summed E-state index contributed by atoms with van der Waals surface area (Å²) < 4.78 is 0. The van der Waals surface area contributed by atoms with E-state index in [1.165, 1.54) is 0 Å². The minimum absolute atomic E-state index is 0.206. The maximum atomic E-state index is 11.7. The number of aliphatic hydroxyl groups is 1. The summed E-state index contributed by atoms with van der Waals surface area (Å²) in [6, 6.07) is 8.82. The number of hydrogen-bond acceptors (Lipinski definition) is 3. The molecule has 0 saturated heterocycles. The molecule has 0 spiro atoms. The highest BCUT2D eigenvalue weighted by atomic mass is 16.3. The second-order valence-electron chi connectivity index (χ2n) is 5.02. The van der Waals surface area contributed by atoms with E-state index in [4.69, 9.17) is 5.26 Å². The standard InChI is InChI=1S/C16H23N3O2/c1-3-14(4-2)15(20)11-19-16(21)18-10-13-7-5-6-12(8-13)9-17/h5-8,14-15,20H,3-4,10-11H2,1-2H3,(H2,18,19,21). The quantitative estimate of drug-likeness (QED) is 0.719. The van der Waals surface area contributed by atoms with Crippen LogP contribution in [-0.4, -0.2) is 23.8 Å². The highest BCUT2D eigenvalue weighted by Gasteiger charge is 2.15. The fraction of sp³-hybridized carbons (Fsp3) is 0.500. The van der Waals surface area contributed by atoms with Gasteiger partial charge < -0.3 is 15.7 Å². The smallest absolute Gasteiger partial charge is 0.315 e. The number of carbonyl (C=O) groups excluding carboxylic acids is 1. The lowest BCUT2D eigenvalue weighted by atomic mass is 9.97. The summed E-state index contributed by atoms with van der Waals surface area (Å²) in [6.07, 6.45) is 1.26. The molecular formula is C16H23N3O2. The molecule has 5 heteroatoms. The molecule has 0 aliphatic carbocycles. The summed E-state index contributed by atoms with van der Waals surface area (Å²) in [5.41, 5.74) is 1.43. The maximum absolute atomic E-state index is 11.7. The number of rotatable bonds is 7. The van der Waals surface area contributed by atoms with Gasteiger partial charge in [-0.15, -0.1) is 0 Å². The van der Waals surface area contributed by atoms with E-state index in [0.29, 0.717) is 12.1 Å². The lowest BCUT2D eigenvalue weighted by Crippen LogP contribution is -2.41. The number of hydrogen-bond donors (Lipinski definition) is 3. The van der Waals surface area contributed by atoms with Crippen LogP contribution in [0.3, 0.4) is 0 Å². The molecule has 2 amide bonds. The Balaban J connectivity index is 2.36. The van der Waals surface area contributed by atoms with Crippen LogP contribution in [0.2, 0.25) is 0 Å². The molecule has 0 aliphatic rings. The molecule has 3 N–H and O–H groups in total. The lowest BCUT2D eigenvalue weighted by Gasteiger charge is -2.20. The van der Waals surface area contributed by atoms with Gasteiger partial charge in [0, 0.05) is 13.1 Å². The van der Waals surface area contributed by atoms with Crippen molar-refractivity contribution in [3.05, 3.63) is 35.4 Å². The summed E-state index contributed by atoms with van der Waals surface area (Å²) in [5, 5.41) is 24.1. The van der Waals surface area contributed by atoms with Crippen molar-refractivity contribution in [2.45, 2.75) is 39.3 Å². The molecule has 5 nitrogen and oxygen atoms in total. The number of amides is 2. The van der Waals surface area contributed by atoms with Crippen LogP contribution >= 0.6 is 0 Å². The predicted octanol–water partition coefficient (Wildman–Crippen LogP) is 2.15. The van der Waals surface area contributed by atoms with Crippen LogP contribution in [0, 0.1) is 17.2 Å². The molecule has 1 unspecified atom stereocenters. The summed E-state index contributed by atoms with van der Waals surface area (Å²) in [6.45, 7) is 4.65. The number of nitriles is 1. The highest BCUT2D eigenvalue weighted by Crippen LogP contribution is 2.12. The Kier molecular flexibility index (Phi) is 7.27. The van der Waals surface area contributed by atoms with E-state index in [1.54, 1.807) is 18.2 Å². The zero-order valence-corrected chi connectivity index (χ0v) is 12.6. The van der Waals surface area contributed by atoms with Gasteiger partial charge in [-0.05, 0) is 23.6 Å². The zero-order chi connectivity index (χ0) is 15.7. The number of aliphatic hydroxyl groups excluding tert-OH is 1. The average Bonchev–Trinajstić information content (AvgIpc) is 2.52. The van der Waals surface area contributed by atoms with Crippen LogP contribution in [0.5, 0.6) is 0 Å². The molecule has 114 valence electrons. The molecule has 1 rings (SSSR count). The van der Waals surface area contributed by atoms with E-state index < -0.39 is 6.10 Å². The third kappa shape index (κ3) is 5.84. The van der Waals surface area contributed by atoms with Crippen LogP contribution in [0.1, 0.15) is 37.8 Å². The van der Waals surface area contributed by atoms with Crippen molar-refractivity contribution in [3.8, 4) is 6.07 Å². The summed E-state index contributed by atoms with van der Waals surface area (Å²) in [4.78, 5) is 11.7. The highest BCUT2D eigenvalue weighted by molar-refractivity contribution is 5.73. The molecule has 1 atom stereocenters. The number of benzene rings is 1. The van der Waals surface area contributed by atoms with E-state index >= 15 is 0 Å². The van der Waals surface area contributed by atoms with Crippen LogP contribution in [0.25, 0.3) is 0 Å². The summed E-state index contributed by atoms with van der Waals surface area (Å²) >= 11 is 0. The third-order valence-corrected chi connectivity index (χ3v) is 3.57. The molecule has 0 aliphatic heterocycles. The van der Waals surface area contributed by atoms with Crippen LogP contribution in [0.15, 0.2) is 24.3 Å². The summed E-state index contributed by atoms with van der Waals surface area (Å²) in [7, 11) is 0. The van der Waals surface area contributed by atoms with E-state index in [0.717, 1.165) is 18.4 Å². The van der Waals surface area contributed by atoms with E-state index in [9.17, 15) is 9.90 Å². The Morgan fingerprint density at radius 3 is 2.67 bits per heavy atom. The molecular weight excluding hydrogens is 266 g/mol. The molecule has 21 heavy (non-hydrogen) atoms. The first-order valence-electron chi connectivity index (χ1n) is 7.29. The zero-order valence-electron chi connectivity index (χ0n) is 12.6. The first kappa shape index (κ1) is 17.0. The largest absolute Gasteiger partial charge is 0.391 e. The topological polar surface area (TPSA) is 85.2 Å². The van der Waals surface area contributed by atoms with E-state index in [1.807, 2.05) is 19.9 Å². The van der Waals surface area contributed by atoms with Crippen molar-refractivity contribution in [1.29, 1.82) is 5.26 Å². The Labute approximate surface area is 126 Å². The molecule has 0 saturated carbocycles. The van der Waals surface area contributed by atoms with Gasteiger partial charge in [0.25, 0.3) is 0 Å². The second kappa shape index (κ2) is 8.98. The van der Waals surface area contributed by atoms with Gasteiger partial charge in [0.05, 0.1) is 17.7 Å². The van der Waals surface area contributed by atoms with Gasteiger partial charge in [0.1, 0.15) is 0 Å². The third-order valence-electron chi connectivity index (χ3n) is 3.57. The molecule has 0 bridgehead atoms. The minimum atomic E-state index is -0.521. The molecule has 1 aromatic carbocycles. The molecule has 1 aromatic rings. The normalized spacial score (nSPS) is 11.8. The summed E-state index contributed by atoms with van der Waals surface area (Å²) in [5.74, 6) is 0.206. The maximum Gasteiger partial charge on any atom is 0.315 e. The van der Waals surface area contributed by atoms with Gasteiger partial charge in [-0.25, -0.2) is 4.79 Å². The Morgan fingerprint density at radius 2 is 2.05 bits per heavy atom.